The molecule has 2 heterocycles. The van der Waals surface area contributed by atoms with Gasteiger partial charge in [0.05, 0.1) is 30.7 Å². The van der Waals surface area contributed by atoms with Crippen molar-refractivity contribution in [3.05, 3.63) is 105 Å². The Morgan fingerprint density at radius 1 is 0.943 bits per heavy atom. The molecule has 0 bridgehead atoms. The van der Waals surface area contributed by atoms with Gasteiger partial charge in [-0.3, -0.25) is 9.59 Å². The van der Waals surface area contributed by atoms with Gasteiger partial charge in [0.1, 0.15) is 5.58 Å². The summed E-state index contributed by atoms with van der Waals surface area (Å²) in [5, 5.41) is 0.453. The number of carbonyl (C=O) groups is 1. The zero-order chi connectivity index (χ0) is 24.5. The van der Waals surface area contributed by atoms with Gasteiger partial charge >= 0.3 is 0 Å². The first-order chi connectivity index (χ1) is 17.0. The van der Waals surface area contributed by atoms with Crippen LogP contribution in [0.2, 0.25) is 0 Å². The van der Waals surface area contributed by atoms with Crippen molar-refractivity contribution >= 4 is 16.9 Å². The van der Waals surface area contributed by atoms with Gasteiger partial charge < -0.3 is 18.8 Å². The molecule has 1 aliphatic rings. The number of amides is 1. The van der Waals surface area contributed by atoms with E-state index < -0.39 is 6.04 Å². The highest BCUT2D eigenvalue weighted by atomic mass is 16.5. The van der Waals surface area contributed by atoms with Crippen LogP contribution < -0.4 is 14.9 Å². The highest BCUT2D eigenvalue weighted by Crippen LogP contribution is 2.41. The van der Waals surface area contributed by atoms with E-state index in [9.17, 15) is 9.59 Å². The molecule has 0 fully saturated rings. The Morgan fingerprint density at radius 3 is 2.43 bits per heavy atom. The summed E-state index contributed by atoms with van der Waals surface area (Å²) in [5.74, 6) is 1.31. The summed E-state index contributed by atoms with van der Waals surface area (Å²) in [6, 6.07) is 21.7. The number of methoxy groups -OCH3 is 1. The molecule has 6 heteroatoms. The van der Waals surface area contributed by atoms with Crippen molar-refractivity contribution in [1.82, 2.24) is 4.90 Å². The number of nitrogens with zero attached hydrogens (tertiary/aromatic N) is 1. The van der Waals surface area contributed by atoms with Crippen LogP contribution in [0.15, 0.2) is 82.0 Å². The van der Waals surface area contributed by atoms with Gasteiger partial charge in [0.25, 0.3) is 5.91 Å². The lowest BCUT2D eigenvalue weighted by Gasteiger charge is -2.26. The molecule has 35 heavy (non-hydrogen) atoms. The fourth-order valence-electron chi connectivity index (χ4n) is 4.49. The average Bonchev–Trinajstić information content (AvgIpc) is 3.15. The standard InChI is InChI=1S/C29H27NO5/c1-18(2)17-34-23-14-13-20(15-24(23)33-3)26-25-27(31)21-11-7-8-12-22(21)35-28(25)29(32)30(26)16-19-9-5-4-6-10-19/h4-15,18,26H,16-17H2,1-3H3/t26-/m1/s1. The Balaban J connectivity index is 1.66. The van der Waals surface area contributed by atoms with Crippen molar-refractivity contribution in [2.45, 2.75) is 26.4 Å². The molecule has 0 saturated carbocycles. The van der Waals surface area contributed by atoms with E-state index in [0.717, 1.165) is 11.1 Å². The average molecular weight is 470 g/mol. The van der Waals surface area contributed by atoms with Gasteiger partial charge in [-0.15, -0.1) is 0 Å². The quantitative estimate of drug-likeness (QED) is 0.353. The molecule has 1 amide bonds. The third kappa shape index (κ3) is 4.16. The maximum atomic E-state index is 13.7. The molecule has 0 spiro atoms. The second-order valence-electron chi connectivity index (χ2n) is 9.11. The number of carbonyl (C=O) groups excluding carboxylic acids is 1. The van der Waals surface area contributed by atoms with Crippen LogP contribution in [-0.4, -0.2) is 24.5 Å². The highest BCUT2D eigenvalue weighted by Gasteiger charge is 2.43. The summed E-state index contributed by atoms with van der Waals surface area (Å²) < 4.78 is 17.5. The highest BCUT2D eigenvalue weighted by molar-refractivity contribution is 5.99. The SMILES string of the molecule is COc1cc([C@@H]2c3c(oc4ccccc4c3=O)C(=O)N2Cc2ccccc2)ccc1OCC(C)C. The van der Waals surface area contributed by atoms with Crippen LogP contribution in [-0.2, 0) is 6.54 Å². The molecule has 0 saturated heterocycles. The van der Waals surface area contributed by atoms with E-state index in [1.807, 2.05) is 48.5 Å². The molecule has 0 aliphatic carbocycles. The van der Waals surface area contributed by atoms with Crippen LogP contribution in [0.5, 0.6) is 11.5 Å². The van der Waals surface area contributed by atoms with Gasteiger partial charge in [-0.25, -0.2) is 0 Å². The number of hydrogen-bond acceptors (Lipinski definition) is 5. The summed E-state index contributed by atoms with van der Waals surface area (Å²) in [6.45, 7) is 5.04. The predicted molar refractivity (Wildman–Crippen MR) is 134 cm³/mol. The fraction of sp³-hybridized carbons (Fsp3) is 0.241. The molecule has 0 radical (unpaired) electrons. The molecule has 1 aromatic heterocycles. The first-order valence-electron chi connectivity index (χ1n) is 11.7. The Labute approximate surface area is 203 Å². The van der Waals surface area contributed by atoms with Crippen molar-refractivity contribution in [1.29, 1.82) is 0 Å². The summed E-state index contributed by atoms with van der Waals surface area (Å²) in [5.41, 5.74) is 2.26. The van der Waals surface area contributed by atoms with Crippen molar-refractivity contribution in [3.63, 3.8) is 0 Å². The van der Waals surface area contributed by atoms with Gasteiger partial charge in [-0.2, -0.15) is 0 Å². The lowest BCUT2D eigenvalue weighted by molar-refractivity contribution is 0.0714. The molecule has 178 valence electrons. The molecular weight excluding hydrogens is 442 g/mol. The van der Waals surface area contributed by atoms with Gasteiger partial charge in [-0.1, -0.05) is 62.4 Å². The minimum absolute atomic E-state index is 0.0914. The second-order valence-corrected chi connectivity index (χ2v) is 9.11. The topological polar surface area (TPSA) is 69.0 Å². The summed E-state index contributed by atoms with van der Waals surface area (Å²) in [4.78, 5) is 29.0. The minimum Gasteiger partial charge on any atom is -0.493 e. The zero-order valence-corrected chi connectivity index (χ0v) is 20.0. The normalized spacial score (nSPS) is 15.0. The molecule has 0 N–H and O–H groups in total. The first-order valence-corrected chi connectivity index (χ1v) is 11.7. The van der Waals surface area contributed by atoms with E-state index in [1.165, 1.54) is 0 Å². The van der Waals surface area contributed by atoms with E-state index in [4.69, 9.17) is 13.9 Å². The first kappa shape index (κ1) is 22.7. The van der Waals surface area contributed by atoms with Crippen molar-refractivity contribution in [3.8, 4) is 11.5 Å². The van der Waals surface area contributed by atoms with Gasteiger partial charge in [0.2, 0.25) is 5.76 Å². The largest absolute Gasteiger partial charge is 0.493 e. The van der Waals surface area contributed by atoms with E-state index in [2.05, 4.69) is 13.8 Å². The molecule has 6 nitrogen and oxygen atoms in total. The van der Waals surface area contributed by atoms with Gasteiger partial charge in [0.15, 0.2) is 16.9 Å². The van der Waals surface area contributed by atoms with Crippen LogP contribution in [0, 0.1) is 5.92 Å². The van der Waals surface area contributed by atoms with E-state index in [1.54, 1.807) is 36.3 Å². The fourth-order valence-corrected chi connectivity index (χ4v) is 4.49. The lowest BCUT2D eigenvalue weighted by Crippen LogP contribution is -2.29. The maximum absolute atomic E-state index is 13.7. The molecule has 3 aromatic carbocycles. The summed E-state index contributed by atoms with van der Waals surface area (Å²) in [7, 11) is 1.58. The molecule has 0 unspecified atom stereocenters. The number of hydrogen-bond donors (Lipinski definition) is 0. The van der Waals surface area contributed by atoms with E-state index in [0.29, 0.717) is 47.1 Å². The molecular formula is C29H27NO5. The van der Waals surface area contributed by atoms with Gasteiger partial charge in [-0.05, 0) is 41.3 Å². The van der Waals surface area contributed by atoms with E-state index >= 15 is 0 Å². The third-order valence-electron chi connectivity index (χ3n) is 6.14. The number of fused-ring (bicyclic) bond motifs is 2. The smallest absolute Gasteiger partial charge is 0.291 e. The third-order valence-corrected chi connectivity index (χ3v) is 6.14. The zero-order valence-electron chi connectivity index (χ0n) is 20.0. The minimum atomic E-state index is -0.619. The Kier molecular flexibility index (Phi) is 6.03. The number of para-hydroxylation sites is 1. The molecule has 1 aliphatic heterocycles. The predicted octanol–water partition coefficient (Wildman–Crippen LogP) is 5.58. The van der Waals surface area contributed by atoms with Crippen molar-refractivity contribution < 1.29 is 18.7 Å². The number of rotatable bonds is 7. The molecule has 4 aromatic rings. The number of benzene rings is 3. The molecule has 5 rings (SSSR count). The number of ether oxygens (including phenoxy) is 2. The Hall–Kier alpha value is -4.06. The Bertz CT molecular complexity index is 1440. The summed E-state index contributed by atoms with van der Waals surface area (Å²) >= 11 is 0. The van der Waals surface area contributed by atoms with E-state index in [-0.39, 0.29) is 17.1 Å². The van der Waals surface area contributed by atoms with Crippen molar-refractivity contribution in [2.24, 2.45) is 5.92 Å². The van der Waals surface area contributed by atoms with Crippen LogP contribution in [0.1, 0.15) is 47.1 Å². The summed E-state index contributed by atoms with van der Waals surface area (Å²) in [6.07, 6.45) is 0. The second kappa shape index (κ2) is 9.29. The van der Waals surface area contributed by atoms with Crippen LogP contribution in [0.25, 0.3) is 11.0 Å². The Morgan fingerprint density at radius 2 is 1.69 bits per heavy atom. The lowest BCUT2D eigenvalue weighted by atomic mass is 9.97. The van der Waals surface area contributed by atoms with Crippen LogP contribution in [0.4, 0.5) is 0 Å². The monoisotopic (exact) mass is 469 g/mol. The maximum Gasteiger partial charge on any atom is 0.291 e. The van der Waals surface area contributed by atoms with Crippen LogP contribution >= 0.6 is 0 Å². The van der Waals surface area contributed by atoms with Gasteiger partial charge in [0, 0.05) is 6.54 Å². The molecule has 1 atom stereocenters. The van der Waals surface area contributed by atoms with Crippen LogP contribution in [0.3, 0.4) is 0 Å². The van der Waals surface area contributed by atoms with Crippen molar-refractivity contribution in [2.75, 3.05) is 13.7 Å².